The zero-order valence-corrected chi connectivity index (χ0v) is 13.0. The number of benzene rings is 2. The summed E-state index contributed by atoms with van der Waals surface area (Å²) in [4.78, 5) is 0. The number of rotatable bonds is 5. The maximum Gasteiger partial charge on any atom is 0.145 e. The minimum atomic E-state index is -0.412. The van der Waals surface area contributed by atoms with Crippen molar-refractivity contribution in [2.24, 2.45) is 0 Å². The van der Waals surface area contributed by atoms with Gasteiger partial charge in [-0.1, -0.05) is 35.3 Å². The van der Waals surface area contributed by atoms with Crippen LogP contribution in [-0.4, -0.2) is 13.1 Å². The van der Waals surface area contributed by atoms with Crippen molar-refractivity contribution in [2.45, 2.75) is 18.9 Å². The summed E-state index contributed by atoms with van der Waals surface area (Å²) in [6, 6.07) is 9.09. The highest BCUT2D eigenvalue weighted by atomic mass is 35.5. The highest BCUT2D eigenvalue weighted by Gasteiger charge is 2.15. The maximum atomic E-state index is 13.9. The lowest BCUT2D eigenvalue weighted by molar-refractivity contribution is 0.530. The predicted octanol–water partition coefficient (Wildman–Crippen LogP) is 4.64. The molecule has 2 aromatic rings. The zero-order valence-electron chi connectivity index (χ0n) is 11.5. The van der Waals surface area contributed by atoms with Crippen LogP contribution in [0.5, 0.6) is 0 Å². The van der Waals surface area contributed by atoms with Gasteiger partial charge in [-0.3, -0.25) is 0 Å². The third-order valence-electron chi connectivity index (χ3n) is 3.38. The molecule has 0 aliphatic carbocycles. The predicted molar refractivity (Wildman–Crippen MR) is 83.1 cm³/mol. The number of halogens is 4. The Kier molecular flexibility index (Phi) is 5.57. The van der Waals surface area contributed by atoms with E-state index < -0.39 is 5.82 Å². The molecule has 0 aliphatic heterocycles. The first-order chi connectivity index (χ1) is 10.0. The molecule has 0 radical (unpaired) electrons. The van der Waals surface area contributed by atoms with Crippen LogP contribution in [0.1, 0.15) is 11.1 Å². The molecule has 1 nitrogen and oxygen atoms in total. The van der Waals surface area contributed by atoms with Crippen molar-refractivity contribution in [3.8, 4) is 0 Å². The molecule has 5 heteroatoms. The average molecular weight is 330 g/mol. The second-order valence-corrected chi connectivity index (χ2v) is 5.66. The fourth-order valence-electron chi connectivity index (χ4n) is 2.21. The van der Waals surface area contributed by atoms with Crippen LogP contribution in [0.3, 0.4) is 0 Å². The van der Waals surface area contributed by atoms with Crippen LogP contribution < -0.4 is 5.32 Å². The van der Waals surface area contributed by atoms with Crippen molar-refractivity contribution >= 4 is 23.2 Å². The Bertz CT molecular complexity index is 628. The molecule has 1 unspecified atom stereocenters. The average Bonchev–Trinajstić information content (AvgIpc) is 2.46. The summed E-state index contributed by atoms with van der Waals surface area (Å²) < 4.78 is 27.2. The number of hydrogen-bond acceptors (Lipinski definition) is 1. The monoisotopic (exact) mass is 329 g/mol. The van der Waals surface area contributed by atoms with Gasteiger partial charge in [-0.05, 0) is 55.3 Å². The lowest BCUT2D eigenvalue weighted by Crippen LogP contribution is -2.30. The van der Waals surface area contributed by atoms with Gasteiger partial charge in [0.1, 0.15) is 11.6 Å². The van der Waals surface area contributed by atoms with E-state index in [0.29, 0.717) is 29.0 Å². The smallest absolute Gasteiger partial charge is 0.145 e. The molecular weight excluding hydrogens is 315 g/mol. The molecule has 112 valence electrons. The summed E-state index contributed by atoms with van der Waals surface area (Å²) in [7, 11) is 1.78. The van der Waals surface area contributed by atoms with Crippen molar-refractivity contribution in [2.75, 3.05) is 7.05 Å². The van der Waals surface area contributed by atoms with Crippen molar-refractivity contribution in [3.63, 3.8) is 0 Å². The van der Waals surface area contributed by atoms with Gasteiger partial charge in [0, 0.05) is 11.1 Å². The molecule has 0 aliphatic rings. The van der Waals surface area contributed by atoms with Crippen LogP contribution in [0.2, 0.25) is 10.0 Å². The molecule has 0 aromatic heterocycles. The van der Waals surface area contributed by atoms with Gasteiger partial charge in [0.2, 0.25) is 0 Å². The first kappa shape index (κ1) is 16.2. The molecule has 1 atom stereocenters. The molecular formula is C16H15Cl2F2N. The van der Waals surface area contributed by atoms with E-state index in [1.54, 1.807) is 19.2 Å². The molecule has 21 heavy (non-hydrogen) atoms. The van der Waals surface area contributed by atoms with E-state index in [0.717, 1.165) is 0 Å². The van der Waals surface area contributed by atoms with E-state index in [1.807, 2.05) is 0 Å². The van der Waals surface area contributed by atoms with E-state index in [4.69, 9.17) is 23.2 Å². The SMILES string of the molecule is CNC(Cc1cc(F)ccc1Cl)Cc1cccc(Cl)c1F. The van der Waals surface area contributed by atoms with Gasteiger partial charge >= 0.3 is 0 Å². The van der Waals surface area contributed by atoms with Gasteiger partial charge in [-0.25, -0.2) is 8.78 Å². The Morgan fingerprint density at radius 1 is 1.00 bits per heavy atom. The van der Waals surface area contributed by atoms with Crippen LogP contribution in [0.25, 0.3) is 0 Å². The molecule has 0 saturated carbocycles. The van der Waals surface area contributed by atoms with Gasteiger partial charge in [-0.2, -0.15) is 0 Å². The summed E-state index contributed by atoms with van der Waals surface area (Å²) in [6.07, 6.45) is 0.939. The topological polar surface area (TPSA) is 12.0 Å². The molecule has 2 aromatic carbocycles. The second kappa shape index (κ2) is 7.21. The van der Waals surface area contributed by atoms with E-state index in [1.165, 1.54) is 24.3 Å². The minimum Gasteiger partial charge on any atom is -0.316 e. The van der Waals surface area contributed by atoms with Gasteiger partial charge in [-0.15, -0.1) is 0 Å². The second-order valence-electron chi connectivity index (χ2n) is 4.84. The Balaban J connectivity index is 2.17. The molecule has 0 saturated heterocycles. The molecule has 0 amide bonds. The third-order valence-corrected chi connectivity index (χ3v) is 4.04. The molecule has 0 spiro atoms. The lowest BCUT2D eigenvalue weighted by Gasteiger charge is -2.18. The highest BCUT2D eigenvalue weighted by molar-refractivity contribution is 6.31. The number of nitrogens with one attached hydrogen (secondary N) is 1. The molecule has 0 heterocycles. The Hall–Kier alpha value is -1.16. The number of likely N-dealkylation sites (N-methyl/N-ethyl adjacent to an activating group) is 1. The zero-order chi connectivity index (χ0) is 15.4. The highest BCUT2D eigenvalue weighted by Crippen LogP contribution is 2.22. The van der Waals surface area contributed by atoms with Crippen LogP contribution in [0.4, 0.5) is 8.78 Å². The maximum absolute atomic E-state index is 13.9. The standard InChI is InChI=1S/C16H15Cl2F2N/c1-21-13(8-10-3-2-4-15(18)16(10)20)9-11-7-12(19)5-6-14(11)17/h2-7,13,21H,8-9H2,1H3. The van der Waals surface area contributed by atoms with Crippen LogP contribution in [-0.2, 0) is 12.8 Å². The largest absolute Gasteiger partial charge is 0.316 e. The normalized spacial score (nSPS) is 12.4. The van der Waals surface area contributed by atoms with E-state index >= 15 is 0 Å². The van der Waals surface area contributed by atoms with Gasteiger partial charge in [0.25, 0.3) is 0 Å². The van der Waals surface area contributed by atoms with Gasteiger partial charge in [0.05, 0.1) is 5.02 Å². The van der Waals surface area contributed by atoms with E-state index in [9.17, 15) is 8.78 Å². The summed E-state index contributed by atoms with van der Waals surface area (Å²) >= 11 is 11.8. The van der Waals surface area contributed by atoms with Crippen molar-refractivity contribution in [1.29, 1.82) is 0 Å². The van der Waals surface area contributed by atoms with E-state index in [-0.39, 0.29) is 16.9 Å². The van der Waals surface area contributed by atoms with Gasteiger partial charge < -0.3 is 5.32 Å². The Labute approximate surface area is 132 Å². The van der Waals surface area contributed by atoms with Crippen molar-refractivity contribution in [1.82, 2.24) is 5.32 Å². The van der Waals surface area contributed by atoms with Gasteiger partial charge in [0.15, 0.2) is 0 Å². The molecule has 0 fully saturated rings. The van der Waals surface area contributed by atoms with Crippen molar-refractivity contribution in [3.05, 3.63) is 69.2 Å². The minimum absolute atomic E-state index is 0.0720. The van der Waals surface area contributed by atoms with Crippen LogP contribution in [0, 0.1) is 11.6 Å². The Morgan fingerprint density at radius 3 is 2.43 bits per heavy atom. The third kappa shape index (κ3) is 4.16. The molecule has 0 bridgehead atoms. The van der Waals surface area contributed by atoms with E-state index in [2.05, 4.69) is 5.32 Å². The number of hydrogen-bond donors (Lipinski definition) is 1. The quantitative estimate of drug-likeness (QED) is 0.842. The summed E-state index contributed by atoms with van der Waals surface area (Å²) in [6.45, 7) is 0. The first-order valence-corrected chi connectivity index (χ1v) is 7.31. The first-order valence-electron chi connectivity index (χ1n) is 6.55. The van der Waals surface area contributed by atoms with Crippen LogP contribution >= 0.6 is 23.2 Å². The van der Waals surface area contributed by atoms with Crippen LogP contribution in [0.15, 0.2) is 36.4 Å². The summed E-state index contributed by atoms with van der Waals surface area (Å²) in [5.74, 6) is -0.747. The summed E-state index contributed by atoms with van der Waals surface area (Å²) in [5, 5.41) is 3.71. The summed E-state index contributed by atoms with van der Waals surface area (Å²) in [5.41, 5.74) is 1.22. The fraction of sp³-hybridized carbons (Fsp3) is 0.250. The molecule has 1 N–H and O–H groups in total. The van der Waals surface area contributed by atoms with Crippen molar-refractivity contribution < 1.29 is 8.78 Å². The molecule has 2 rings (SSSR count). The Morgan fingerprint density at radius 2 is 1.71 bits per heavy atom. The fourth-order valence-corrected chi connectivity index (χ4v) is 2.60. The lowest BCUT2D eigenvalue weighted by atomic mass is 9.98.